The van der Waals surface area contributed by atoms with Gasteiger partial charge in [-0.25, -0.2) is 4.79 Å². The van der Waals surface area contributed by atoms with Crippen LogP contribution in [0.4, 0.5) is 0 Å². The second kappa shape index (κ2) is 6.55. The van der Waals surface area contributed by atoms with Crippen molar-refractivity contribution < 1.29 is 34.0 Å². The Morgan fingerprint density at radius 2 is 1.30 bits per heavy atom. The summed E-state index contributed by atoms with van der Waals surface area (Å²) < 4.78 is 20.4. The van der Waals surface area contributed by atoms with Crippen LogP contribution in [-0.2, 0) is 4.79 Å². The summed E-state index contributed by atoms with van der Waals surface area (Å²) in [5, 5.41) is 18.8. The van der Waals surface area contributed by atoms with Crippen molar-refractivity contribution in [3.8, 4) is 28.7 Å². The van der Waals surface area contributed by atoms with Crippen LogP contribution in [0.15, 0.2) is 6.08 Å². The van der Waals surface area contributed by atoms with E-state index in [4.69, 9.17) is 24.1 Å². The number of hydrogen-bond donors (Lipinski definition) is 2. The Morgan fingerprint density at radius 1 is 0.900 bits per heavy atom. The number of aromatic hydroxyl groups is 1. The van der Waals surface area contributed by atoms with Crippen LogP contribution in [0.1, 0.15) is 5.56 Å². The van der Waals surface area contributed by atoms with Crippen molar-refractivity contribution in [2.24, 2.45) is 0 Å². The summed E-state index contributed by atoms with van der Waals surface area (Å²) in [4.78, 5) is 10.7. The third-order valence-corrected chi connectivity index (χ3v) is 2.54. The molecule has 0 heterocycles. The predicted molar refractivity (Wildman–Crippen MR) is 71.0 cm³/mol. The number of benzene rings is 1. The fourth-order valence-electron chi connectivity index (χ4n) is 1.76. The van der Waals surface area contributed by atoms with Gasteiger partial charge in [-0.05, 0) is 6.08 Å². The zero-order valence-electron chi connectivity index (χ0n) is 11.6. The molecule has 0 bridgehead atoms. The Hall–Kier alpha value is -2.57. The van der Waals surface area contributed by atoms with Crippen LogP contribution in [0.3, 0.4) is 0 Å². The highest BCUT2D eigenvalue weighted by molar-refractivity contribution is 5.88. The third kappa shape index (κ3) is 2.71. The Bertz CT molecular complexity index is 501. The molecule has 110 valence electrons. The molecule has 0 radical (unpaired) electrons. The highest BCUT2D eigenvalue weighted by atomic mass is 16.5. The molecule has 0 aliphatic heterocycles. The molecule has 0 spiro atoms. The van der Waals surface area contributed by atoms with Crippen LogP contribution >= 0.6 is 0 Å². The van der Waals surface area contributed by atoms with E-state index >= 15 is 0 Å². The smallest absolute Gasteiger partial charge is 0.328 e. The summed E-state index contributed by atoms with van der Waals surface area (Å²) in [5.74, 6) is -1.11. The van der Waals surface area contributed by atoms with Gasteiger partial charge in [0.1, 0.15) is 0 Å². The van der Waals surface area contributed by atoms with Crippen molar-refractivity contribution in [3.05, 3.63) is 11.6 Å². The number of phenols is 1. The number of hydrogen-bond acceptors (Lipinski definition) is 6. The minimum Gasteiger partial charge on any atom is -0.501 e. The minimum atomic E-state index is -1.14. The zero-order chi connectivity index (χ0) is 15.3. The van der Waals surface area contributed by atoms with Crippen molar-refractivity contribution >= 4 is 12.0 Å². The van der Waals surface area contributed by atoms with Gasteiger partial charge in [0.2, 0.25) is 17.2 Å². The highest BCUT2D eigenvalue weighted by Crippen LogP contribution is 2.53. The quantitative estimate of drug-likeness (QED) is 0.765. The van der Waals surface area contributed by atoms with Crippen molar-refractivity contribution in [3.63, 3.8) is 0 Å². The summed E-state index contributed by atoms with van der Waals surface area (Å²) in [7, 11) is 5.41. The Labute approximate surface area is 116 Å². The van der Waals surface area contributed by atoms with Gasteiger partial charge in [0, 0.05) is 6.08 Å². The lowest BCUT2D eigenvalue weighted by molar-refractivity contribution is -0.131. The van der Waals surface area contributed by atoms with Gasteiger partial charge in [-0.15, -0.1) is 0 Å². The maximum atomic E-state index is 10.7. The average molecular weight is 284 g/mol. The zero-order valence-corrected chi connectivity index (χ0v) is 11.6. The summed E-state index contributed by atoms with van der Waals surface area (Å²) in [6, 6.07) is 0. The first-order valence-corrected chi connectivity index (χ1v) is 5.51. The van der Waals surface area contributed by atoms with Crippen molar-refractivity contribution in [1.29, 1.82) is 0 Å². The van der Waals surface area contributed by atoms with Crippen LogP contribution in [0.5, 0.6) is 28.7 Å². The van der Waals surface area contributed by atoms with Crippen molar-refractivity contribution in [1.82, 2.24) is 0 Å². The molecule has 0 atom stereocenters. The first-order valence-electron chi connectivity index (χ1n) is 5.51. The second-order valence-electron chi connectivity index (χ2n) is 3.57. The van der Waals surface area contributed by atoms with Gasteiger partial charge in [-0.1, -0.05) is 0 Å². The van der Waals surface area contributed by atoms with Gasteiger partial charge in [0.25, 0.3) is 0 Å². The predicted octanol–water partition coefficient (Wildman–Crippen LogP) is 1.52. The number of aliphatic carboxylic acids is 1. The van der Waals surface area contributed by atoms with E-state index in [1.165, 1.54) is 34.5 Å². The maximum Gasteiger partial charge on any atom is 0.328 e. The normalized spacial score (nSPS) is 10.4. The van der Waals surface area contributed by atoms with E-state index < -0.39 is 5.97 Å². The number of rotatable bonds is 6. The number of phenolic OH excluding ortho intramolecular Hbond substituents is 1. The molecule has 0 fully saturated rings. The number of carboxylic acid groups (broad SMARTS) is 1. The molecule has 1 aromatic rings. The molecule has 7 nitrogen and oxygen atoms in total. The molecule has 2 N–H and O–H groups in total. The van der Waals surface area contributed by atoms with Crippen molar-refractivity contribution in [2.75, 3.05) is 28.4 Å². The second-order valence-corrected chi connectivity index (χ2v) is 3.57. The van der Waals surface area contributed by atoms with E-state index in [2.05, 4.69) is 0 Å². The molecule has 0 saturated heterocycles. The maximum absolute atomic E-state index is 10.7. The van der Waals surface area contributed by atoms with Crippen LogP contribution in [0, 0.1) is 0 Å². The Morgan fingerprint density at radius 3 is 1.60 bits per heavy atom. The van der Waals surface area contributed by atoms with E-state index in [1.807, 2.05) is 0 Å². The number of carbonyl (C=O) groups is 1. The Kier molecular flexibility index (Phi) is 5.08. The van der Waals surface area contributed by atoms with E-state index in [-0.39, 0.29) is 34.3 Å². The van der Waals surface area contributed by atoms with Crippen LogP contribution in [0.25, 0.3) is 6.08 Å². The molecule has 0 amide bonds. The van der Waals surface area contributed by atoms with E-state index in [0.717, 1.165) is 6.08 Å². The molecule has 0 aliphatic rings. The topological polar surface area (TPSA) is 94.5 Å². The summed E-state index contributed by atoms with van der Waals surface area (Å²) in [6.45, 7) is 0. The van der Waals surface area contributed by atoms with Crippen LogP contribution in [0.2, 0.25) is 0 Å². The molecule has 0 aromatic heterocycles. The Balaban J connectivity index is 3.71. The lowest BCUT2D eigenvalue weighted by Crippen LogP contribution is -2.01. The molecular formula is C13H16O7. The first-order chi connectivity index (χ1) is 9.51. The number of ether oxygens (including phenoxy) is 4. The van der Waals surface area contributed by atoms with Gasteiger partial charge in [0.15, 0.2) is 11.5 Å². The van der Waals surface area contributed by atoms with Gasteiger partial charge in [0.05, 0.1) is 34.0 Å². The van der Waals surface area contributed by atoms with Crippen LogP contribution < -0.4 is 18.9 Å². The number of methoxy groups -OCH3 is 4. The summed E-state index contributed by atoms with van der Waals surface area (Å²) in [6.07, 6.45) is 2.18. The standard InChI is InChI=1S/C13H16O7/c1-17-10-7(5-6-8(14)15)11(18-2)13(20-4)9(16)12(10)19-3/h5-6,16H,1-4H3,(H,14,15). The molecule has 0 saturated carbocycles. The van der Waals surface area contributed by atoms with Crippen LogP contribution in [-0.4, -0.2) is 44.6 Å². The lowest BCUT2D eigenvalue weighted by Gasteiger charge is -2.18. The first kappa shape index (κ1) is 15.5. The van der Waals surface area contributed by atoms with Gasteiger partial charge >= 0.3 is 5.97 Å². The molecule has 1 rings (SSSR count). The van der Waals surface area contributed by atoms with Gasteiger partial charge in [-0.3, -0.25) is 0 Å². The van der Waals surface area contributed by atoms with Crippen molar-refractivity contribution in [2.45, 2.75) is 0 Å². The minimum absolute atomic E-state index is 0.0233. The molecule has 0 aliphatic carbocycles. The summed E-state index contributed by atoms with van der Waals surface area (Å²) >= 11 is 0. The van der Waals surface area contributed by atoms with E-state index in [9.17, 15) is 9.90 Å². The van der Waals surface area contributed by atoms with E-state index in [0.29, 0.717) is 0 Å². The fraction of sp³-hybridized carbons (Fsp3) is 0.308. The number of carboxylic acids is 1. The summed E-state index contributed by atoms with van der Waals surface area (Å²) in [5.41, 5.74) is 0.281. The van der Waals surface area contributed by atoms with E-state index in [1.54, 1.807) is 0 Å². The molecule has 7 heteroatoms. The largest absolute Gasteiger partial charge is 0.501 e. The SMILES string of the molecule is COc1c(O)c(OC)c(OC)c(C=CC(=O)O)c1OC. The third-order valence-electron chi connectivity index (χ3n) is 2.54. The van der Waals surface area contributed by atoms with Gasteiger partial charge in [-0.2, -0.15) is 0 Å². The molecule has 20 heavy (non-hydrogen) atoms. The monoisotopic (exact) mass is 284 g/mol. The molecular weight excluding hydrogens is 268 g/mol. The lowest BCUT2D eigenvalue weighted by atomic mass is 10.1. The average Bonchev–Trinajstić information content (AvgIpc) is 2.43. The molecule has 0 unspecified atom stereocenters. The molecule has 1 aromatic carbocycles. The van der Waals surface area contributed by atoms with Gasteiger partial charge < -0.3 is 29.2 Å². The fourth-order valence-corrected chi connectivity index (χ4v) is 1.76. The highest BCUT2D eigenvalue weighted by Gasteiger charge is 2.26.